The Labute approximate surface area is 95.1 Å². The van der Waals surface area contributed by atoms with Crippen molar-refractivity contribution in [3.8, 4) is 0 Å². The average molecular weight is 230 g/mol. The number of carbonyl (C=O) groups excluding carboxylic acids is 1. The van der Waals surface area contributed by atoms with Crippen LogP contribution in [0.5, 0.6) is 0 Å². The van der Waals surface area contributed by atoms with Crippen LogP contribution < -0.4 is 5.32 Å². The maximum Gasteiger partial charge on any atom is 0.410 e. The summed E-state index contributed by atoms with van der Waals surface area (Å²) in [5.74, 6) is -0.0833. The summed E-state index contributed by atoms with van der Waals surface area (Å²) in [4.78, 5) is 13.2. The summed E-state index contributed by atoms with van der Waals surface area (Å²) in [5.41, 5.74) is -1.77. The molecule has 2 fully saturated rings. The van der Waals surface area contributed by atoms with Gasteiger partial charge in [-0.2, -0.15) is 0 Å². The molecule has 4 nitrogen and oxygen atoms in total. The van der Waals surface area contributed by atoms with E-state index >= 15 is 0 Å². The number of nitrogens with one attached hydrogen (secondary N) is 1. The first-order chi connectivity index (χ1) is 7.30. The van der Waals surface area contributed by atoms with Gasteiger partial charge in [-0.25, -0.2) is 9.18 Å². The van der Waals surface area contributed by atoms with Crippen LogP contribution in [0.1, 0.15) is 20.8 Å². The van der Waals surface area contributed by atoms with E-state index in [4.69, 9.17) is 4.74 Å². The van der Waals surface area contributed by atoms with Crippen LogP contribution in [-0.2, 0) is 4.74 Å². The number of alkyl halides is 1. The molecule has 0 spiro atoms. The molecule has 0 aliphatic carbocycles. The average Bonchev–Trinajstić information content (AvgIpc) is 2.55. The maximum atomic E-state index is 14.2. The standard InChI is InChI=1S/C11H19FN2O2/c1-10(2,3)16-9(15)14-5-8-4-13-6-11(8,12)7-14/h8,13H,4-7H2,1-3H3/t8-,11-/m0/s1. The Hall–Kier alpha value is -0.840. The van der Waals surface area contributed by atoms with Crippen LogP contribution in [0.25, 0.3) is 0 Å². The van der Waals surface area contributed by atoms with Crippen LogP contribution >= 0.6 is 0 Å². The predicted molar refractivity (Wildman–Crippen MR) is 58.0 cm³/mol. The number of carbonyl (C=O) groups is 1. The predicted octanol–water partition coefficient (Wildman–Crippen LogP) is 1.16. The van der Waals surface area contributed by atoms with E-state index in [2.05, 4.69) is 5.32 Å². The molecule has 0 aromatic carbocycles. The van der Waals surface area contributed by atoms with Crippen LogP contribution in [0.2, 0.25) is 0 Å². The lowest BCUT2D eigenvalue weighted by atomic mass is 9.97. The number of nitrogens with zero attached hydrogens (tertiary/aromatic N) is 1. The van der Waals surface area contributed by atoms with Gasteiger partial charge in [-0.1, -0.05) is 0 Å². The third kappa shape index (κ3) is 2.14. The summed E-state index contributed by atoms with van der Waals surface area (Å²) < 4.78 is 19.5. The second-order valence-corrected chi connectivity index (χ2v) is 5.72. The highest BCUT2D eigenvalue weighted by molar-refractivity contribution is 5.69. The number of ether oxygens (including phenoxy) is 1. The summed E-state index contributed by atoms with van der Waals surface area (Å²) in [5, 5.41) is 3.02. The summed E-state index contributed by atoms with van der Waals surface area (Å²) in [7, 11) is 0. The molecule has 2 aliphatic heterocycles. The van der Waals surface area contributed by atoms with Crippen LogP contribution in [0.3, 0.4) is 0 Å². The molecule has 0 aromatic rings. The molecule has 0 saturated carbocycles. The highest BCUT2D eigenvalue weighted by atomic mass is 19.1. The monoisotopic (exact) mass is 230 g/mol. The molecule has 2 heterocycles. The molecule has 0 unspecified atom stereocenters. The van der Waals surface area contributed by atoms with Gasteiger partial charge < -0.3 is 15.0 Å². The van der Waals surface area contributed by atoms with Crippen molar-refractivity contribution < 1.29 is 13.9 Å². The van der Waals surface area contributed by atoms with Crippen molar-refractivity contribution in [1.82, 2.24) is 10.2 Å². The number of hydrogen-bond donors (Lipinski definition) is 1. The van der Waals surface area contributed by atoms with Gasteiger partial charge in [0.05, 0.1) is 6.54 Å². The van der Waals surface area contributed by atoms with Crippen molar-refractivity contribution in [3.63, 3.8) is 0 Å². The third-order valence-corrected chi connectivity index (χ3v) is 3.09. The lowest BCUT2D eigenvalue weighted by Crippen LogP contribution is -2.39. The zero-order valence-electron chi connectivity index (χ0n) is 10.0. The van der Waals surface area contributed by atoms with Crippen molar-refractivity contribution >= 4 is 6.09 Å². The molecule has 2 saturated heterocycles. The first kappa shape index (κ1) is 11.6. The largest absolute Gasteiger partial charge is 0.444 e. The fraction of sp³-hybridized carbons (Fsp3) is 0.909. The maximum absolute atomic E-state index is 14.2. The Bertz CT molecular complexity index is 303. The van der Waals surface area contributed by atoms with E-state index in [1.807, 2.05) is 20.8 Å². The summed E-state index contributed by atoms with van der Waals surface area (Å²) >= 11 is 0. The molecule has 16 heavy (non-hydrogen) atoms. The van der Waals surface area contributed by atoms with E-state index in [9.17, 15) is 9.18 Å². The van der Waals surface area contributed by atoms with Gasteiger partial charge in [0.25, 0.3) is 0 Å². The molecule has 1 N–H and O–H groups in total. The van der Waals surface area contributed by atoms with Crippen molar-refractivity contribution in [2.75, 3.05) is 26.2 Å². The molecule has 5 heteroatoms. The van der Waals surface area contributed by atoms with Gasteiger partial charge in [0.2, 0.25) is 0 Å². The van der Waals surface area contributed by atoms with Gasteiger partial charge in [-0.15, -0.1) is 0 Å². The number of hydrogen-bond acceptors (Lipinski definition) is 3. The fourth-order valence-electron chi connectivity index (χ4n) is 2.31. The van der Waals surface area contributed by atoms with Crippen molar-refractivity contribution in [3.05, 3.63) is 0 Å². The van der Waals surface area contributed by atoms with Gasteiger partial charge in [0, 0.05) is 25.6 Å². The molecule has 0 aromatic heterocycles. The van der Waals surface area contributed by atoms with E-state index in [-0.39, 0.29) is 12.5 Å². The molecule has 2 atom stereocenters. The number of fused-ring (bicyclic) bond motifs is 1. The number of halogens is 1. The SMILES string of the molecule is CC(C)(C)OC(=O)N1C[C@@H]2CNC[C@]2(F)C1. The Morgan fingerprint density at radius 2 is 2.25 bits per heavy atom. The molecule has 2 aliphatic rings. The van der Waals surface area contributed by atoms with Crippen LogP contribution in [-0.4, -0.2) is 48.4 Å². The smallest absolute Gasteiger partial charge is 0.410 e. The Morgan fingerprint density at radius 3 is 2.81 bits per heavy atom. The van der Waals surface area contributed by atoms with Crippen LogP contribution in [0.15, 0.2) is 0 Å². The number of rotatable bonds is 0. The van der Waals surface area contributed by atoms with Crippen molar-refractivity contribution in [2.45, 2.75) is 32.0 Å². The summed E-state index contributed by atoms with van der Waals surface area (Å²) in [6.45, 7) is 7.04. The third-order valence-electron chi connectivity index (χ3n) is 3.09. The van der Waals surface area contributed by atoms with E-state index in [1.54, 1.807) is 0 Å². The van der Waals surface area contributed by atoms with Gasteiger partial charge >= 0.3 is 6.09 Å². The highest BCUT2D eigenvalue weighted by Gasteiger charge is 2.52. The first-order valence-electron chi connectivity index (χ1n) is 5.68. The molecule has 1 amide bonds. The highest BCUT2D eigenvalue weighted by Crippen LogP contribution is 2.34. The molecule has 92 valence electrons. The van der Waals surface area contributed by atoms with E-state index in [0.29, 0.717) is 19.6 Å². The molecular weight excluding hydrogens is 211 g/mol. The van der Waals surface area contributed by atoms with E-state index < -0.39 is 17.4 Å². The molecule has 0 bridgehead atoms. The van der Waals surface area contributed by atoms with Gasteiger partial charge in [-0.3, -0.25) is 0 Å². The fourth-order valence-corrected chi connectivity index (χ4v) is 2.31. The lowest BCUT2D eigenvalue weighted by molar-refractivity contribution is 0.0259. The zero-order chi connectivity index (χ0) is 12.0. The van der Waals surface area contributed by atoms with Crippen molar-refractivity contribution in [1.29, 1.82) is 0 Å². The number of likely N-dealkylation sites (tertiary alicyclic amines) is 1. The summed E-state index contributed by atoms with van der Waals surface area (Å²) in [6.07, 6.45) is -0.404. The summed E-state index contributed by atoms with van der Waals surface area (Å²) in [6, 6.07) is 0. The van der Waals surface area contributed by atoms with Gasteiger partial charge in [0.1, 0.15) is 11.3 Å². The second kappa shape index (κ2) is 3.58. The molecule has 2 rings (SSSR count). The minimum Gasteiger partial charge on any atom is -0.444 e. The van der Waals surface area contributed by atoms with Crippen LogP contribution in [0.4, 0.5) is 9.18 Å². The van der Waals surface area contributed by atoms with Crippen LogP contribution in [0, 0.1) is 5.92 Å². The van der Waals surface area contributed by atoms with E-state index in [0.717, 1.165) is 0 Å². The molecule has 0 radical (unpaired) electrons. The first-order valence-corrected chi connectivity index (χ1v) is 5.68. The lowest BCUT2D eigenvalue weighted by Gasteiger charge is -2.25. The Kier molecular flexibility index (Phi) is 2.61. The normalized spacial score (nSPS) is 34.0. The quantitative estimate of drug-likeness (QED) is 0.679. The second-order valence-electron chi connectivity index (χ2n) is 5.72. The van der Waals surface area contributed by atoms with Gasteiger partial charge in [-0.05, 0) is 20.8 Å². The Morgan fingerprint density at radius 1 is 1.56 bits per heavy atom. The van der Waals surface area contributed by atoms with E-state index in [1.165, 1.54) is 4.90 Å². The number of amides is 1. The topological polar surface area (TPSA) is 41.6 Å². The van der Waals surface area contributed by atoms with Gasteiger partial charge in [0.15, 0.2) is 0 Å². The Balaban J connectivity index is 1.97. The minimum absolute atomic E-state index is 0.0833. The molecular formula is C11H19FN2O2. The minimum atomic E-state index is -1.25. The zero-order valence-corrected chi connectivity index (χ0v) is 10.0. The van der Waals surface area contributed by atoms with Crippen molar-refractivity contribution in [2.24, 2.45) is 5.92 Å².